The third-order valence-electron chi connectivity index (χ3n) is 4.82. The summed E-state index contributed by atoms with van der Waals surface area (Å²) in [6.45, 7) is 3.07. The zero-order valence-corrected chi connectivity index (χ0v) is 14.1. The van der Waals surface area contributed by atoms with Crippen molar-refractivity contribution >= 4 is 17.6 Å². The van der Waals surface area contributed by atoms with Crippen molar-refractivity contribution in [2.75, 3.05) is 26.7 Å². The van der Waals surface area contributed by atoms with Crippen LogP contribution in [0.4, 0.5) is 4.79 Å². The lowest BCUT2D eigenvalue weighted by Gasteiger charge is -2.38. The molecule has 1 unspecified atom stereocenters. The highest BCUT2D eigenvalue weighted by atomic mass is 16.6. The maximum absolute atomic E-state index is 12.9. The third kappa shape index (κ3) is 2.46. The number of ether oxygens (including phenoxy) is 1. The predicted octanol–water partition coefficient (Wildman–Crippen LogP) is 0.388. The molecule has 25 heavy (non-hydrogen) atoms. The molecule has 0 bridgehead atoms. The number of likely N-dealkylation sites (tertiary alicyclic amines) is 1. The molecule has 2 aliphatic heterocycles. The molecule has 0 saturated carbocycles. The van der Waals surface area contributed by atoms with E-state index in [-0.39, 0.29) is 24.1 Å². The zero-order valence-electron chi connectivity index (χ0n) is 14.1. The molecule has 2 fully saturated rings. The summed E-state index contributed by atoms with van der Waals surface area (Å²) in [5.41, 5.74) is 0.154. The molecule has 2 aromatic heterocycles. The molecule has 9 nitrogen and oxygen atoms in total. The van der Waals surface area contributed by atoms with E-state index in [1.165, 1.54) is 15.6 Å². The number of hydrogen-bond donors (Lipinski definition) is 1. The van der Waals surface area contributed by atoms with Gasteiger partial charge in [-0.05, 0) is 19.8 Å². The fraction of sp³-hybridized carbons (Fsp3) is 0.500. The minimum atomic E-state index is -0.684. The molecule has 2 aromatic rings. The number of carbonyl (C=O) groups excluding carboxylic acids is 2. The van der Waals surface area contributed by atoms with Gasteiger partial charge in [0.25, 0.3) is 11.5 Å². The van der Waals surface area contributed by atoms with E-state index in [1.807, 2.05) is 6.92 Å². The first-order valence-corrected chi connectivity index (χ1v) is 8.19. The third-order valence-corrected chi connectivity index (χ3v) is 4.82. The maximum atomic E-state index is 12.9. The van der Waals surface area contributed by atoms with Gasteiger partial charge in [-0.15, -0.1) is 0 Å². The van der Waals surface area contributed by atoms with Crippen molar-refractivity contribution in [2.45, 2.75) is 25.4 Å². The Morgan fingerprint density at radius 2 is 2.16 bits per heavy atom. The number of fused-ring (bicyclic) bond motifs is 1. The molecule has 4 heterocycles. The quantitative estimate of drug-likeness (QED) is 0.806. The second-order valence-corrected chi connectivity index (χ2v) is 6.85. The number of carbonyl (C=O) groups is 2. The van der Waals surface area contributed by atoms with E-state index >= 15 is 0 Å². The van der Waals surface area contributed by atoms with Crippen LogP contribution in [0, 0.1) is 6.92 Å². The van der Waals surface area contributed by atoms with Gasteiger partial charge in [0.1, 0.15) is 11.2 Å². The molecule has 0 aromatic carbocycles. The molecule has 0 radical (unpaired) electrons. The highest BCUT2D eigenvalue weighted by Gasteiger charge is 2.47. The summed E-state index contributed by atoms with van der Waals surface area (Å²) in [6, 6.07) is 1.74. The van der Waals surface area contributed by atoms with Gasteiger partial charge in [-0.3, -0.25) is 14.7 Å². The Labute approximate surface area is 143 Å². The normalized spacial score (nSPS) is 23.5. The number of amides is 2. The first-order chi connectivity index (χ1) is 11.9. The second-order valence-electron chi connectivity index (χ2n) is 6.85. The number of rotatable bonds is 1. The minimum absolute atomic E-state index is 0.00841. The van der Waals surface area contributed by atoms with Crippen molar-refractivity contribution in [1.29, 1.82) is 0 Å². The molecule has 1 atom stereocenters. The predicted molar refractivity (Wildman–Crippen MR) is 87.5 cm³/mol. The molecular weight excluding hydrogens is 326 g/mol. The Kier molecular flexibility index (Phi) is 3.34. The number of aryl methyl sites for hydroxylation is 1. The van der Waals surface area contributed by atoms with Gasteiger partial charge in [0.05, 0.1) is 13.1 Å². The SMILES string of the molecule is Cc1cc2ncc(C(=O)N3CCCC4(CN(C)C(=O)O4)C3)c(=O)n2[nH]1. The fourth-order valence-electron chi connectivity index (χ4n) is 3.67. The average molecular weight is 345 g/mol. The maximum Gasteiger partial charge on any atom is 0.410 e. The number of piperidine rings is 1. The first kappa shape index (κ1) is 15.7. The molecule has 132 valence electrons. The topological polar surface area (TPSA) is 100 Å². The van der Waals surface area contributed by atoms with E-state index < -0.39 is 11.2 Å². The molecule has 0 aliphatic carbocycles. The monoisotopic (exact) mass is 345 g/mol. The van der Waals surface area contributed by atoms with Crippen molar-refractivity contribution in [3.05, 3.63) is 33.9 Å². The van der Waals surface area contributed by atoms with Gasteiger partial charge < -0.3 is 14.5 Å². The van der Waals surface area contributed by atoms with Crippen LogP contribution in [0.5, 0.6) is 0 Å². The van der Waals surface area contributed by atoms with Crippen LogP contribution in [0.15, 0.2) is 17.1 Å². The fourth-order valence-corrected chi connectivity index (χ4v) is 3.67. The molecule has 1 N–H and O–H groups in total. The number of nitrogens with zero attached hydrogens (tertiary/aromatic N) is 4. The minimum Gasteiger partial charge on any atom is -0.439 e. The van der Waals surface area contributed by atoms with Gasteiger partial charge in [-0.25, -0.2) is 14.3 Å². The summed E-state index contributed by atoms with van der Waals surface area (Å²) in [6.07, 6.45) is 2.37. The zero-order chi connectivity index (χ0) is 17.8. The van der Waals surface area contributed by atoms with E-state index in [9.17, 15) is 14.4 Å². The van der Waals surface area contributed by atoms with Crippen molar-refractivity contribution < 1.29 is 14.3 Å². The van der Waals surface area contributed by atoms with Crippen molar-refractivity contribution in [3.8, 4) is 0 Å². The van der Waals surface area contributed by atoms with E-state index in [0.717, 1.165) is 5.69 Å². The number of H-pyrrole nitrogens is 1. The lowest BCUT2D eigenvalue weighted by molar-refractivity contribution is -0.00530. The number of aromatic amines is 1. The number of hydrogen-bond acceptors (Lipinski definition) is 5. The summed E-state index contributed by atoms with van der Waals surface area (Å²) in [4.78, 5) is 44.5. The lowest BCUT2D eigenvalue weighted by atomic mass is 9.92. The Morgan fingerprint density at radius 1 is 1.36 bits per heavy atom. The van der Waals surface area contributed by atoms with Crippen LogP contribution in [-0.2, 0) is 4.74 Å². The van der Waals surface area contributed by atoms with Gasteiger partial charge in [0.15, 0.2) is 5.65 Å². The molecule has 4 rings (SSSR count). The largest absolute Gasteiger partial charge is 0.439 e. The van der Waals surface area contributed by atoms with Gasteiger partial charge >= 0.3 is 6.09 Å². The molecule has 9 heteroatoms. The second kappa shape index (κ2) is 5.33. The van der Waals surface area contributed by atoms with E-state index in [1.54, 1.807) is 18.0 Å². The first-order valence-electron chi connectivity index (χ1n) is 8.19. The van der Waals surface area contributed by atoms with Crippen molar-refractivity contribution in [3.63, 3.8) is 0 Å². The Hall–Kier alpha value is -2.84. The van der Waals surface area contributed by atoms with Gasteiger partial charge in [0, 0.05) is 31.5 Å². The van der Waals surface area contributed by atoms with Crippen molar-refractivity contribution in [2.24, 2.45) is 0 Å². The summed E-state index contributed by atoms with van der Waals surface area (Å²) >= 11 is 0. The van der Waals surface area contributed by atoms with Crippen LogP contribution >= 0.6 is 0 Å². The number of likely N-dealkylation sites (N-methyl/N-ethyl adjacent to an activating group) is 1. The molecule has 2 amide bonds. The van der Waals surface area contributed by atoms with Gasteiger partial charge in [0.2, 0.25) is 0 Å². The van der Waals surface area contributed by atoms with Crippen LogP contribution in [0.3, 0.4) is 0 Å². The summed E-state index contributed by atoms with van der Waals surface area (Å²) in [5.74, 6) is -0.385. The number of aromatic nitrogens is 3. The standard InChI is InChI=1S/C16H19N5O4/c1-10-6-12-17-7-11(14(23)21(12)18-10)13(22)20-5-3-4-16(9-20)8-19(2)15(24)25-16/h6-7,18H,3-5,8-9H2,1-2H3. The van der Waals surface area contributed by atoms with Crippen LogP contribution in [0.25, 0.3) is 5.65 Å². The molecule has 1 spiro atoms. The molecular formula is C16H19N5O4. The molecule has 2 saturated heterocycles. The van der Waals surface area contributed by atoms with Crippen LogP contribution in [-0.4, -0.2) is 68.7 Å². The lowest BCUT2D eigenvalue weighted by Crippen LogP contribution is -2.53. The summed E-state index contributed by atoms with van der Waals surface area (Å²) < 4.78 is 6.78. The Morgan fingerprint density at radius 3 is 2.88 bits per heavy atom. The Bertz CT molecular complexity index is 932. The Balaban J connectivity index is 1.64. The smallest absolute Gasteiger partial charge is 0.410 e. The van der Waals surface area contributed by atoms with Gasteiger partial charge in [-0.1, -0.05) is 0 Å². The highest BCUT2D eigenvalue weighted by molar-refractivity contribution is 5.94. The summed E-state index contributed by atoms with van der Waals surface area (Å²) in [5, 5.41) is 2.88. The number of nitrogens with one attached hydrogen (secondary N) is 1. The molecule has 2 aliphatic rings. The van der Waals surface area contributed by atoms with Crippen molar-refractivity contribution in [1.82, 2.24) is 24.4 Å². The highest BCUT2D eigenvalue weighted by Crippen LogP contribution is 2.31. The van der Waals surface area contributed by atoms with E-state index in [4.69, 9.17) is 4.74 Å². The van der Waals surface area contributed by atoms with E-state index in [0.29, 0.717) is 31.6 Å². The van der Waals surface area contributed by atoms with E-state index in [2.05, 4.69) is 10.1 Å². The van der Waals surface area contributed by atoms with Crippen LogP contribution < -0.4 is 5.56 Å². The summed E-state index contributed by atoms with van der Waals surface area (Å²) in [7, 11) is 1.68. The van der Waals surface area contributed by atoms with Gasteiger partial charge in [-0.2, -0.15) is 0 Å². The van der Waals surface area contributed by atoms with Crippen LogP contribution in [0.1, 0.15) is 28.9 Å². The average Bonchev–Trinajstić information content (AvgIpc) is 3.07. The van der Waals surface area contributed by atoms with Crippen LogP contribution in [0.2, 0.25) is 0 Å².